The second-order valence-electron chi connectivity index (χ2n) is 7.22. The van der Waals surface area contributed by atoms with E-state index < -0.39 is 24.5 Å². The van der Waals surface area contributed by atoms with Crippen LogP contribution >= 0.6 is 0 Å². The van der Waals surface area contributed by atoms with E-state index in [4.69, 9.17) is 4.74 Å². The Morgan fingerprint density at radius 3 is 2.83 bits per heavy atom. The third kappa shape index (κ3) is 2.99. The largest absolute Gasteiger partial charge is 0.394 e. The summed E-state index contributed by atoms with van der Waals surface area (Å²) in [5, 5.41) is 33.0. The molecule has 0 spiro atoms. The van der Waals surface area contributed by atoms with Gasteiger partial charge in [0.2, 0.25) is 0 Å². The van der Waals surface area contributed by atoms with Crippen LogP contribution in [0.15, 0.2) is 43.0 Å². The summed E-state index contributed by atoms with van der Waals surface area (Å²) in [6.07, 6.45) is 1.91. The van der Waals surface area contributed by atoms with Gasteiger partial charge in [-0.25, -0.2) is 15.0 Å². The van der Waals surface area contributed by atoms with Crippen molar-refractivity contribution < 1.29 is 20.1 Å². The summed E-state index contributed by atoms with van der Waals surface area (Å²) in [7, 11) is 0. The number of fused-ring (bicyclic) bond motifs is 2. The minimum absolute atomic E-state index is 0.389. The van der Waals surface area contributed by atoms with Gasteiger partial charge < -0.3 is 25.4 Å². The Balaban J connectivity index is 1.40. The van der Waals surface area contributed by atoms with Crippen molar-refractivity contribution in [1.82, 2.24) is 19.5 Å². The Labute approximate surface area is 166 Å². The van der Waals surface area contributed by atoms with Crippen LogP contribution < -0.4 is 5.32 Å². The van der Waals surface area contributed by atoms with Crippen molar-refractivity contribution in [3.63, 3.8) is 0 Å². The maximum atomic E-state index is 10.3. The van der Waals surface area contributed by atoms with Gasteiger partial charge in [0.25, 0.3) is 0 Å². The number of aromatic nitrogens is 4. The maximum absolute atomic E-state index is 10.3. The summed E-state index contributed by atoms with van der Waals surface area (Å²) in [6.45, 7) is 0.212. The molecule has 0 amide bonds. The van der Waals surface area contributed by atoms with Crippen molar-refractivity contribution in [3.8, 4) is 0 Å². The van der Waals surface area contributed by atoms with Gasteiger partial charge in [-0.2, -0.15) is 0 Å². The molecule has 4 N–H and O–H groups in total. The number of hydrogen-bond acceptors (Lipinski definition) is 8. The van der Waals surface area contributed by atoms with E-state index >= 15 is 0 Å². The van der Waals surface area contributed by atoms with Crippen molar-refractivity contribution in [2.45, 2.75) is 31.0 Å². The predicted molar refractivity (Wildman–Crippen MR) is 105 cm³/mol. The highest BCUT2D eigenvalue weighted by Gasteiger charge is 2.44. The smallest absolute Gasteiger partial charge is 0.167 e. The number of hydrogen-bond donors (Lipinski definition) is 4. The van der Waals surface area contributed by atoms with Gasteiger partial charge in [0.05, 0.1) is 12.9 Å². The summed E-state index contributed by atoms with van der Waals surface area (Å²) >= 11 is 0. The third-order valence-corrected chi connectivity index (χ3v) is 5.53. The van der Waals surface area contributed by atoms with Gasteiger partial charge in [0, 0.05) is 6.54 Å². The average Bonchev–Trinajstić information content (AvgIpc) is 3.43. The Morgan fingerprint density at radius 2 is 2.00 bits per heavy atom. The summed E-state index contributed by atoms with van der Waals surface area (Å²) in [5.41, 5.74) is 4.76. The number of ether oxygens (including phenoxy) is 1. The molecule has 1 aliphatic carbocycles. The van der Waals surface area contributed by atoms with Gasteiger partial charge in [-0.15, -0.1) is 0 Å². The lowest BCUT2D eigenvalue weighted by molar-refractivity contribution is -0.0511. The number of nitrogens with zero attached hydrogens (tertiary/aromatic N) is 4. The van der Waals surface area contributed by atoms with Crippen LogP contribution in [0.25, 0.3) is 16.7 Å². The highest BCUT2D eigenvalue weighted by atomic mass is 16.6. The third-order valence-electron chi connectivity index (χ3n) is 5.53. The zero-order valence-electron chi connectivity index (χ0n) is 15.5. The molecule has 1 aromatic carbocycles. The van der Waals surface area contributed by atoms with Gasteiger partial charge in [-0.3, -0.25) is 4.57 Å². The highest BCUT2D eigenvalue weighted by Crippen LogP contribution is 2.32. The second kappa shape index (κ2) is 7.20. The van der Waals surface area contributed by atoms with Crippen LogP contribution in [-0.2, 0) is 11.2 Å². The van der Waals surface area contributed by atoms with Crippen molar-refractivity contribution in [3.05, 3.63) is 54.1 Å². The summed E-state index contributed by atoms with van der Waals surface area (Å²) in [4.78, 5) is 13.0. The summed E-state index contributed by atoms with van der Waals surface area (Å²) < 4.78 is 7.14. The Hall–Kier alpha value is -2.85. The van der Waals surface area contributed by atoms with Crippen LogP contribution in [0, 0.1) is 0 Å². The van der Waals surface area contributed by atoms with Crippen LogP contribution in [0.4, 0.5) is 5.82 Å². The monoisotopic (exact) mass is 395 g/mol. The molecule has 3 aromatic rings. The Morgan fingerprint density at radius 1 is 1.14 bits per heavy atom. The van der Waals surface area contributed by atoms with Gasteiger partial charge in [0.15, 0.2) is 23.2 Å². The minimum atomic E-state index is -1.20. The van der Waals surface area contributed by atoms with Crippen molar-refractivity contribution in [2.24, 2.45) is 0 Å². The topological polar surface area (TPSA) is 126 Å². The highest BCUT2D eigenvalue weighted by molar-refractivity contribution is 5.84. The van der Waals surface area contributed by atoms with Gasteiger partial charge >= 0.3 is 0 Å². The van der Waals surface area contributed by atoms with E-state index in [1.807, 2.05) is 12.1 Å². The molecule has 3 heterocycles. The number of aliphatic hydroxyl groups is 3. The molecule has 0 saturated carbocycles. The molecule has 1 saturated heterocycles. The number of benzene rings is 1. The molecule has 5 rings (SSSR count). The first-order chi connectivity index (χ1) is 14.2. The first kappa shape index (κ1) is 18.2. The predicted octanol–water partition coefficient (Wildman–Crippen LogP) is 0.489. The molecular formula is C20H21N5O4. The van der Waals surface area contributed by atoms with E-state index in [2.05, 4.69) is 38.5 Å². The molecule has 9 heteroatoms. The molecule has 1 aliphatic heterocycles. The molecule has 0 radical (unpaired) electrons. The van der Waals surface area contributed by atoms with Crippen LogP contribution in [0.2, 0.25) is 0 Å². The van der Waals surface area contributed by atoms with Crippen molar-refractivity contribution >= 4 is 22.6 Å². The van der Waals surface area contributed by atoms with E-state index in [-0.39, 0.29) is 6.61 Å². The van der Waals surface area contributed by atoms with Crippen LogP contribution in [0.5, 0.6) is 0 Å². The molecule has 1 fully saturated rings. The Bertz CT molecular complexity index is 1080. The molecular weight excluding hydrogens is 374 g/mol. The van der Waals surface area contributed by atoms with Crippen LogP contribution in [0.1, 0.15) is 17.4 Å². The molecule has 2 aromatic heterocycles. The minimum Gasteiger partial charge on any atom is -0.394 e. The fraction of sp³-hybridized carbons (Fsp3) is 0.350. The Kier molecular flexibility index (Phi) is 4.51. The molecule has 2 aliphatic rings. The standard InChI is InChI=1S/C20H21N5O4/c26-8-14-16(27)17(28)20(29-14)25-10-24-15-18(22-9-23-19(15)25)21-7-12-6-5-11-3-1-2-4-13(11)12/h1-4,6,9-10,14,16-17,20,26-28H,5,7-8H2,(H,21,22,23)/t14-,16?,17?,20-/m1/s1. The number of anilines is 1. The quantitative estimate of drug-likeness (QED) is 0.492. The lowest BCUT2D eigenvalue weighted by Gasteiger charge is -2.16. The molecule has 9 nitrogen and oxygen atoms in total. The number of allylic oxidation sites excluding steroid dienone is 1. The van der Waals surface area contributed by atoms with Crippen LogP contribution in [0.3, 0.4) is 0 Å². The molecule has 4 atom stereocenters. The average molecular weight is 395 g/mol. The fourth-order valence-electron chi connectivity index (χ4n) is 3.98. The molecule has 0 bridgehead atoms. The maximum Gasteiger partial charge on any atom is 0.167 e. The SMILES string of the molecule is OC[C@H]1O[C@@H](n2cnc3c(NCC4=CCc5ccccc54)ncnc32)C(O)C1O. The normalized spacial score (nSPS) is 26.0. The number of aliphatic hydroxyl groups excluding tert-OH is 3. The van der Waals surface area contributed by atoms with Crippen molar-refractivity contribution in [2.75, 3.05) is 18.5 Å². The lowest BCUT2D eigenvalue weighted by atomic mass is 10.1. The molecule has 150 valence electrons. The van der Waals surface area contributed by atoms with Gasteiger partial charge in [-0.05, 0) is 23.1 Å². The fourth-order valence-corrected chi connectivity index (χ4v) is 3.98. The van der Waals surface area contributed by atoms with E-state index in [0.717, 1.165) is 6.42 Å². The molecule has 2 unspecified atom stereocenters. The van der Waals surface area contributed by atoms with E-state index in [1.165, 1.54) is 29.4 Å². The number of nitrogens with one attached hydrogen (secondary N) is 1. The zero-order chi connectivity index (χ0) is 20.0. The van der Waals surface area contributed by atoms with Crippen molar-refractivity contribution in [1.29, 1.82) is 0 Å². The first-order valence-corrected chi connectivity index (χ1v) is 9.48. The van der Waals surface area contributed by atoms with E-state index in [1.54, 1.807) is 4.57 Å². The lowest BCUT2D eigenvalue weighted by Crippen LogP contribution is -2.33. The summed E-state index contributed by atoms with van der Waals surface area (Å²) in [6, 6.07) is 8.32. The van der Waals surface area contributed by atoms with Crippen LogP contribution in [-0.4, -0.2) is 66.3 Å². The number of rotatable bonds is 5. The van der Waals surface area contributed by atoms with E-state index in [0.29, 0.717) is 23.5 Å². The van der Waals surface area contributed by atoms with Gasteiger partial charge in [-0.1, -0.05) is 30.3 Å². The second-order valence-corrected chi connectivity index (χ2v) is 7.22. The van der Waals surface area contributed by atoms with E-state index in [9.17, 15) is 15.3 Å². The molecule has 29 heavy (non-hydrogen) atoms. The van der Waals surface area contributed by atoms with Gasteiger partial charge in [0.1, 0.15) is 24.6 Å². The first-order valence-electron chi connectivity index (χ1n) is 9.48. The number of imidazole rings is 1. The summed E-state index contributed by atoms with van der Waals surface area (Å²) in [5.74, 6) is 0.575. The zero-order valence-corrected chi connectivity index (χ0v) is 15.5.